The molecule has 1 aromatic carbocycles. The monoisotopic (exact) mass is 521 g/mol. The number of rotatable bonds is 10. The first-order valence-electron chi connectivity index (χ1n) is 11.6. The third-order valence-electron chi connectivity index (χ3n) is 6.34. The molecule has 3 aromatic rings. The van der Waals surface area contributed by atoms with Crippen molar-refractivity contribution >= 4 is 30.8 Å². The van der Waals surface area contributed by atoms with Gasteiger partial charge in [-0.2, -0.15) is 4.98 Å². The standard InChI is InChI=1S/C25H33ClFN3O4Si/c1-25(2,3)35(4,5)34-14-12-28-11-13-33-24-20-18(31)15-19(32)30(16-17-9-7-6-8-10-17)22(20)21(27)23(26)29-24/h6-10,15,28,31H,11-14,16H2,1-5H3. The lowest BCUT2D eigenvalue weighted by atomic mass is 10.2. The number of hydrogen-bond acceptors (Lipinski definition) is 6. The van der Waals surface area contributed by atoms with E-state index in [1.165, 1.54) is 4.57 Å². The van der Waals surface area contributed by atoms with Gasteiger partial charge in [0, 0.05) is 25.8 Å². The van der Waals surface area contributed by atoms with E-state index < -0.39 is 30.6 Å². The molecule has 0 amide bonds. The molecule has 35 heavy (non-hydrogen) atoms. The maximum Gasteiger partial charge on any atom is 0.255 e. The van der Waals surface area contributed by atoms with E-state index in [0.29, 0.717) is 19.7 Å². The molecule has 0 aliphatic rings. The molecule has 0 aliphatic carbocycles. The number of fused-ring (bicyclic) bond motifs is 1. The van der Waals surface area contributed by atoms with Crippen molar-refractivity contribution in [2.24, 2.45) is 0 Å². The summed E-state index contributed by atoms with van der Waals surface area (Å²) < 4.78 is 28.2. The van der Waals surface area contributed by atoms with Gasteiger partial charge in [0.2, 0.25) is 5.88 Å². The zero-order valence-corrected chi connectivity index (χ0v) is 22.6. The summed E-state index contributed by atoms with van der Waals surface area (Å²) in [6.07, 6.45) is 0. The van der Waals surface area contributed by atoms with E-state index in [4.69, 9.17) is 20.8 Å². The van der Waals surface area contributed by atoms with Crippen molar-refractivity contribution in [3.05, 3.63) is 63.3 Å². The zero-order valence-electron chi connectivity index (χ0n) is 20.8. The lowest BCUT2D eigenvalue weighted by Crippen LogP contribution is -2.42. The second-order valence-electron chi connectivity index (χ2n) is 9.89. The van der Waals surface area contributed by atoms with Crippen molar-refractivity contribution in [2.75, 3.05) is 26.3 Å². The summed E-state index contributed by atoms with van der Waals surface area (Å²) in [7, 11) is -1.80. The van der Waals surface area contributed by atoms with Crippen LogP contribution in [0.2, 0.25) is 23.3 Å². The molecule has 0 bridgehead atoms. The maximum absolute atomic E-state index is 15.1. The van der Waals surface area contributed by atoms with Crippen LogP contribution in [0.25, 0.3) is 10.9 Å². The van der Waals surface area contributed by atoms with Crippen molar-refractivity contribution in [1.29, 1.82) is 0 Å². The van der Waals surface area contributed by atoms with Crippen molar-refractivity contribution in [1.82, 2.24) is 14.9 Å². The number of ether oxygens (including phenoxy) is 1. The predicted octanol–water partition coefficient (Wildman–Crippen LogP) is 4.93. The van der Waals surface area contributed by atoms with Crippen molar-refractivity contribution < 1.29 is 18.7 Å². The van der Waals surface area contributed by atoms with Gasteiger partial charge in [-0.05, 0) is 23.7 Å². The largest absolute Gasteiger partial charge is 0.507 e. The lowest BCUT2D eigenvalue weighted by molar-refractivity contribution is 0.270. The van der Waals surface area contributed by atoms with Gasteiger partial charge in [-0.15, -0.1) is 0 Å². The van der Waals surface area contributed by atoms with Gasteiger partial charge in [0.1, 0.15) is 17.7 Å². The number of pyridine rings is 2. The van der Waals surface area contributed by atoms with Crippen LogP contribution in [-0.2, 0) is 11.0 Å². The molecule has 0 spiro atoms. The fourth-order valence-corrected chi connectivity index (χ4v) is 4.54. The second kappa shape index (κ2) is 11.1. The molecule has 2 heterocycles. The summed E-state index contributed by atoms with van der Waals surface area (Å²) >= 11 is 6.04. The van der Waals surface area contributed by atoms with Crippen LogP contribution in [0.4, 0.5) is 4.39 Å². The van der Waals surface area contributed by atoms with Crippen molar-refractivity contribution in [3.8, 4) is 11.6 Å². The highest BCUT2D eigenvalue weighted by molar-refractivity contribution is 6.74. The summed E-state index contributed by atoms with van der Waals surface area (Å²) in [5.41, 5.74) is 0.0828. The Labute approximate surface area is 211 Å². The average Bonchev–Trinajstić information content (AvgIpc) is 2.78. The number of nitrogens with one attached hydrogen (secondary N) is 1. The molecule has 3 rings (SSSR count). The van der Waals surface area contributed by atoms with Gasteiger partial charge in [-0.1, -0.05) is 62.7 Å². The predicted molar refractivity (Wildman–Crippen MR) is 140 cm³/mol. The topological polar surface area (TPSA) is 85.6 Å². The van der Waals surface area contributed by atoms with Crippen molar-refractivity contribution in [3.63, 3.8) is 0 Å². The summed E-state index contributed by atoms with van der Waals surface area (Å²) in [5, 5.41) is 13.4. The highest BCUT2D eigenvalue weighted by atomic mass is 35.5. The number of hydrogen-bond donors (Lipinski definition) is 2. The van der Waals surface area contributed by atoms with Gasteiger partial charge in [-0.3, -0.25) is 4.79 Å². The van der Waals surface area contributed by atoms with Gasteiger partial charge in [0.25, 0.3) is 5.56 Å². The second-order valence-corrected chi connectivity index (χ2v) is 15.1. The van der Waals surface area contributed by atoms with Gasteiger partial charge in [0.05, 0.1) is 12.1 Å². The Bertz CT molecular complexity index is 1230. The maximum atomic E-state index is 15.1. The van der Waals surface area contributed by atoms with E-state index in [1.54, 1.807) is 0 Å². The Hall–Kier alpha value is -2.46. The number of nitrogens with zero attached hydrogens (tertiary/aromatic N) is 2. The minimum Gasteiger partial charge on any atom is -0.507 e. The molecule has 0 saturated carbocycles. The lowest BCUT2D eigenvalue weighted by Gasteiger charge is -2.36. The van der Waals surface area contributed by atoms with E-state index in [0.717, 1.165) is 11.6 Å². The fourth-order valence-electron chi connectivity index (χ4n) is 3.33. The average molecular weight is 522 g/mol. The van der Waals surface area contributed by atoms with Crippen LogP contribution in [0.3, 0.4) is 0 Å². The summed E-state index contributed by atoms with van der Waals surface area (Å²) in [6.45, 7) is 13.0. The van der Waals surface area contributed by atoms with Crippen LogP contribution < -0.4 is 15.6 Å². The SMILES string of the molecule is CC(C)(C)[Si](C)(C)OCCNCCOc1nc(Cl)c(F)c2c1c(O)cc(=O)n2Cc1ccccc1. The fraction of sp³-hybridized carbons (Fsp3) is 0.440. The van der Waals surface area contributed by atoms with E-state index in [9.17, 15) is 9.90 Å². The molecular formula is C25H33ClFN3O4Si. The molecule has 0 atom stereocenters. The van der Waals surface area contributed by atoms with Gasteiger partial charge in [0.15, 0.2) is 19.3 Å². The molecule has 2 N–H and O–H groups in total. The third kappa shape index (κ3) is 6.41. The minimum absolute atomic E-state index is 0.00342. The summed E-state index contributed by atoms with van der Waals surface area (Å²) in [6, 6.07) is 10.2. The Kier molecular flexibility index (Phi) is 8.58. The van der Waals surface area contributed by atoms with Crippen LogP contribution in [0.1, 0.15) is 26.3 Å². The van der Waals surface area contributed by atoms with E-state index in [-0.39, 0.29) is 35.0 Å². The first kappa shape index (κ1) is 27.1. The quantitative estimate of drug-likeness (QED) is 0.223. The molecular weight excluding hydrogens is 489 g/mol. The Morgan fingerprint density at radius 2 is 1.83 bits per heavy atom. The molecule has 7 nitrogen and oxygen atoms in total. The molecule has 190 valence electrons. The smallest absolute Gasteiger partial charge is 0.255 e. The summed E-state index contributed by atoms with van der Waals surface area (Å²) in [4.78, 5) is 16.6. The molecule has 0 unspecified atom stereocenters. The van der Waals surface area contributed by atoms with E-state index in [2.05, 4.69) is 44.2 Å². The van der Waals surface area contributed by atoms with Crippen LogP contribution >= 0.6 is 11.6 Å². The van der Waals surface area contributed by atoms with Crippen molar-refractivity contribution in [2.45, 2.75) is 45.4 Å². The number of halogens is 2. The van der Waals surface area contributed by atoms with Crippen LogP contribution in [0, 0.1) is 5.82 Å². The Morgan fingerprint density at radius 3 is 2.49 bits per heavy atom. The van der Waals surface area contributed by atoms with Crippen LogP contribution in [-0.4, -0.2) is 49.3 Å². The Balaban J connectivity index is 1.73. The minimum atomic E-state index is -1.80. The normalized spacial score (nSPS) is 12.3. The number of benzene rings is 1. The van der Waals surface area contributed by atoms with Gasteiger partial charge >= 0.3 is 0 Å². The molecule has 0 fully saturated rings. The highest BCUT2D eigenvalue weighted by Crippen LogP contribution is 2.37. The third-order valence-corrected chi connectivity index (χ3v) is 11.1. The number of aromatic nitrogens is 2. The van der Waals surface area contributed by atoms with Crippen LogP contribution in [0.5, 0.6) is 11.6 Å². The summed E-state index contributed by atoms with van der Waals surface area (Å²) in [5.74, 6) is -1.34. The molecule has 0 radical (unpaired) electrons. The molecule has 2 aromatic heterocycles. The van der Waals surface area contributed by atoms with Crippen LogP contribution in [0.15, 0.2) is 41.2 Å². The van der Waals surface area contributed by atoms with E-state index in [1.807, 2.05) is 30.3 Å². The first-order chi connectivity index (χ1) is 16.4. The first-order valence-corrected chi connectivity index (χ1v) is 14.8. The molecule has 0 saturated heterocycles. The molecule has 10 heteroatoms. The van der Waals surface area contributed by atoms with Gasteiger partial charge < -0.3 is 24.2 Å². The highest BCUT2D eigenvalue weighted by Gasteiger charge is 2.36. The van der Waals surface area contributed by atoms with Gasteiger partial charge in [-0.25, -0.2) is 4.39 Å². The zero-order chi connectivity index (χ0) is 25.8. The number of aromatic hydroxyl groups is 1. The van der Waals surface area contributed by atoms with E-state index >= 15 is 4.39 Å². The Morgan fingerprint density at radius 1 is 1.17 bits per heavy atom. The molecule has 0 aliphatic heterocycles.